The van der Waals surface area contributed by atoms with E-state index in [0.29, 0.717) is 12.0 Å². The zero-order valence-electron chi connectivity index (χ0n) is 16.3. The molecule has 0 aromatic heterocycles. The average molecular weight is 320 g/mol. The maximum absolute atomic E-state index is 5.88. The summed E-state index contributed by atoms with van der Waals surface area (Å²) >= 11 is 0. The Bertz CT molecular complexity index is 432. The third-order valence-corrected chi connectivity index (χ3v) is 4.37. The predicted molar refractivity (Wildman–Crippen MR) is 101 cm³/mol. The highest BCUT2D eigenvalue weighted by atomic mass is 16.5. The summed E-state index contributed by atoms with van der Waals surface area (Å²) in [5, 5.41) is 3.55. The molecule has 0 amide bonds. The first-order chi connectivity index (χ1) is 10.7. The lowest BCUT2D eigenvalue weighted by molar-refractivity contribution is 0.00722. The molecule has 1 aromatic carbocycles. The van der Waals surface area contributed by atoms with Crippen molar-refractivity contribution in [2.75, 3.05) is 13.1 Å². The molecule has 2 nitrogen and oxygen atoms in total. The molecule has 1 aromatic rings. The van der Waals surface area contributed by atoms with Crippen molar-refractivity contribution in [3.8, 4) is 0 Å². The molecular formula is C21H37NO. The van der Waals surface area contributed by atoms with Crippen molar-refractivity contribution < 1.29 is 4.74 Å². The first kappa shape index (κ1) is 20.2. The minimum Gasteiger partial charge on any atom is -0.374 e. The van der Waals surface area contributed by atoms with Gasteiger partial charge in [-0.25, -0.2) is 0 Å². The van der Waals surface area contributed by atoms with Gasteiger partial charge in [-0.05, 0) is 55.7 Å². The molecule has 3 unspecified atom stereocenters. The maximum atomic E-state index is 5.88. The number of benzene rings is 1. The molecule has 1 N–H and O–H groups in total. The standard InChI is InChI=1S/C21H37NO/c1-8-17(3)23-18(4)15-22-14-16(2)13-19-9-11-20(12-10-19)21(5,6)7/h9-12,16-18,22H,8,13-15H2,1-7H3. The fraction of sp³-hybridized carbons (Fsp3) is 0.714. The van der Waals surface area contributed by atoms with Gasteiger partial charge in [0.1, 0.15) is 0 Å². The summed E-state index contributed by atoms with van der Waals surface area (Å²) < 4.78 is 5.88. The zero-order valence-corrected chi connectivity index (χ0v) is 16.3. The van der Waals surface area contributed by atoms with E-state index in [-0.39, 0.29) is 11.5 Å². The van der Waals surface area contributed by atoms with Gasteiger partial charge in [0.25, 0.3) is 0 Å². The van der Waals surface area contributed by atoms with E-state index in [1.165, 1.54) is 11.1 Å². The zero-order chi connectivity index (χ0) is 17.5. The van der Waals surface area contributed by atoms with Crippen LogP contribution in [0.5, 0.6) is 0 Å². The van der Waals surface area contributed by atoms with Gasteiger partial charge in [0.15, 0.2) is 0 Å². The monoisotopic (exact) mass is 319 g/mol. The minimum absolute atomic E-state index is 0.234. The fourth-order valence-electron chi connectivity index (χ4n) is 2.69. The van der Waals surface area contributed by atoms with E-state index in [4.69, 9.17) is 4.74 Å². The number of rotatable bonds is 9. The van der Waals surface area contributed by atoms with E-state index in [1.807, 2.05) is 0 Å². The number of ether oxygens (including phenoxy) is 1. The molecular weight excluding hydrogens is 282 g/mol. The summed E-state index contributed by atoms with van der Waals surface area (Å²) in [5.41, 5.74) is 3.07. The lowest BCUT2D eigenvalue weighted by Gasteiger charge is -2.21. The summed E-state index contributed by atoms with van der Waals surface area (Å²) in [6, 6.07) is 9.12. The Morgan fingerprint density at radius 1 is 0.957 bits per heavy atom. The first-order valence-corrected chi connectivity index (χ1v) is 9.18. The van der Waals surface area contributed by atoms with Gasteiger partial charge in [0.05, 0.1) is 12.2 Å². The van der Waals surface area contributed by atoms with Crippen molar-refractivity contribution in [1.82, 2.24) is 5.32 Å². The Morgan fingerprint density at radius 2 is 1.57 bits per heavy atom. The van der Waals surface area contributed by atoms with Crippen molar-refractivity contribution in [3.05, 3.63) is 35.4 Å². The lowest BCUT2D eigenvalue weighted by Crippen LogP contribution is -2.32. The molecule has 0 aliphatic carbocycles. The summed E-state index contributed by atoms with van der Waals surface area (Å²) in [4.78, 5) is 0. The molecule has 3 atom stereocenters. The first-order valence-electron chi connectivity index (χ1n) is 9.18. The largest absolute Gasteiger partial charge is 0.374 e. The smallest absolute Gasteiger partial charge is 0.0674 e. The van der Waals surface area contributed by atoms with Crippen LogP contribution in [0.3, 0.4) is 0 Å². The molecule has 0 spiro atoms. The van der Waals surface area contributed by atoms with Crippen molar-refractivity contribution in [2.24, 2.45) is 5.92 Å². The van der Waals surface area contributed by atoms with Crippen LogP contribution >= 0.6 is 0 Å². The molecule has 132 valence electrons. The van der Waals surface area contributed by atoms with Gasteiger partial charge in [-0.15, -0.1) is 0 Å². The van der Waals surface area contributed by atoms with E-state index in [1.54, 1.807) is 0 Å². The van der Waals surface area contributed by atoms with Crippen LogP contribution in [0, 0.1) is 5.92 Å². The topological polar surface area (TPSA) is 21.3 Å². The van der Waals surface area contributed by atoms with Crippen LogP contribution in [0.15, 0.2) is 24.3 Å². The molecule has 0 radical (unpaired) electrons. The highest BCUT2D eigenvalue weighted by molar-refractivity contribution is 5.27. The summed E-state index contributed by atoms with van der Waals surface area (Å²) in [6.45, 7) is 17.5. The highest BCUT2D eigenvalue weighted by Gasteiger charge is 2.13. The Hall–Kier alpha value is -0.860. The molecule has 0 aliphatic rings. The van der Waals surface area contributed by atoms with Crippen LogP contribution in [0.1, 0.15) is 66.0 Å². The Balaban J connectivity index is 2.32. The summed E-state index contributed by atoms with van der Waals surface area (Å²) in [5.74, 6) is 0.631. The van der Waals surface area contributed by atoms with Gasteiger partial charge >= 0.3 is 0 Å². The quantitative estimate of drug-likeness (QED) is 0.695. The molecule has 0 saturated carbocycles. The molecule has 0 fully saturated rings. The van der Waals surface area contributed by atoms with Crippen LogP contribution in [0.25, 0.3) is 0 Å². The van der Waals surface area contributed by atoms with E-state index < -0.39 is 0 Å². The normalized spacial score (nSPS) is 16.1. The summed E-state index contributed by atoms with van der Waals surface area (Å²) in [7, 11) is 0. The van der Waals surface area contributed by atoms with Crippen molar-refractivity contribution >= 4 is 0 Å². The van der Waals surface area contributed by atoms with Gasteiger partial charge in [0, 0.05) is 6.54 Å². The fourth-order valence-corrected chi connectivity index (χ4v) is 2.69. The van der Waals surface area contributed by atoms with Gasteiger partial charge in [-0.2, -0.15) is 0 Å². The van der Waals surface area contributed by atoms with E-state index in [2.05, 4.69) is 78.0 Å². The van der Waals surface area contributed by atoms with E-state index >= 15 is 0 Å². The van der Waals surface area contributed by atoms with Crippen LogP contribution in [0.2, 0.25) is 0 Å². The molecule has 23 heavy (non-hydrogen) atoms. The molecule has 0 aliphatic heterocycles. The van der Waals surface area contributed by atoms with Crippen LogP contribution in [-0.4, -0.2) is 25.3 Å². The second-order valence-electron chi connectivity index (χ2n) is 8.08. The van der Waals surface area contributed by atoms with Gasteiger partial charge < -0.3 is 10.1 Å². The van der Waals surface area contributed by atoms with Gasteiger partial charge in [0.2, 0.25) is 0 Å². The third-order valence-electron chi connectivity index (χ3n) is 4.37. The van der Waals surface area contributed by atoms with Crippen molar-refractivity contribution in [2.45, 2.75) is 78.9 Å². The van der Waals surface area contributed by atoms with Crippen LogP contribution in [-0.2, 0) is 16.6 Å². The van der Waals surface area contributed by atoms with Crippen LogP contribution in [0.4, 0.5) is 0 Å². The average Bonchev–Trinajstić information content (AvgIpc) is 2.46. The van der Waals surface area contributed by atoms with E-state index in [9.17, 15) is 0 Å². The number of hydrogen-bond acceptors (Lipinski definition) is 2. The summed E-state index contributed by atoms with van der Waals surface area (Å²) in [6.07, 6.45) is 2.83. The molecule has 1 rings (SSSR count). The second-order valence-corrected chi connectivity index (χ2v) is 8.08. The maximum Gasteiger partial charge on any atom is 0.0674 e. The molecule has 2 heteroatoms. The SMILES string of the molecule is CCC(C)OC(C)CNCC(C)Cc1ccc(C(C)(C)C)cc1. The van der Waals surface area contributed by atoms with Gasteiger partial charge in [-0.1, -0.05) is 58.9 Å². The van der Waals surface area contributed by atoms with Crippen molar-refractivity contribution in [3.63, 3.8) is 0 Å². The Morgan fingerprint density at radius 3 is 2.09 bits per heavy atom. The van der Waals surface area contributed by atoms with Gasteiger partial charge in [-0.3, -0.25) is 0 Å². The predicted octanol–water partition coefficient (Wildman–Crippen LogP) is 4.96. The minimum atomic E-state index is 0.234. The molecule has 0 bridgehead atoms. The second kappa shape index (κ2) is 9.44. The van der Waals surface area contributed by atoms with Crippen molar-refractivity contribution in [1.29, 1.82) is 0 Å². The lowest BCUT2D eigenvalue weighted by atomic mass is 9.86. The number of hydrogen-bond donors (Lipinski definition) is 1. The third kappa shape index (κ3) is 7.99. The Kier molecular flexibility index (Phi) is 8.28. The van der Waals surface area contributed by atoms with Crippen LogP contribution < -0.4 is 5.32 Å². The highest BCUT2D eigenvalue weighted by Crippen LogP contribution is 2.22. The van der Waals surface area contributed by atoms with E-state index in [0.717, 1.165) is 25.9 Å². The Labute approximate surface area is 144 Å². The molecule has 0 saturated heterocycles. The number of nitrogens with one attached hydrogen (secondary N) is 1. The molecule has 0 heterocycles.